The summed E-state index contributed by atoms with van der Waals surface area (Å²) < 4.78 is 10.7. The van der Waals surface area contributed by atoms with E-state index in [-0.39, 0.29) is 12.0 Å². The third-order valence-electron chi connectivity index (χ3n) is 3.57. The molecule has 0 aliphatic carbocycles. The average Bonchev–Trinajstić information content (AvgIpc) is 2.56. The van der Waals surface area contributed by atoms with Gasteiger partial charge in [0.15, 0.2) is 0 Å². The van der Waals surface area contributed by atoms with Crippen LogP contribution in [0.2, 0.25) is 0 Å². The molecule has 2 aromatic carbocycles. The van der Waals surface area contributed by atoms with E-state index in [2.05, 4.69) is 5.32 Å². The number of methoxy groups -OCH3 is 2. The molecule has 0 aromatic heterocycles. The highest BCUT2D eigenvalue weighted by atomic mass is 16.5. The Morgan fingerprint density at radius 3 is 2.50 bits per heavy atom. The maximum Gasteiger partial charge on any atom is 0.251 e. The Morgan fingerprint density at radius 2 is 1.86 bits per heavy atom. The molecule has 0 spiro atoms. The van der Waals surface area contributed by atoms with Gasteiger partial charge in [0.05, 0.1) is 13.2 Å². The number of rotatable bonds is 6. The largest absolute Gasteiger partial charge is 0.496 e. The standard InChI is InChI=1S/C18H21NO3/c1-13-9-10-15(11-16(13)21-2)18(20)19-12-17(22-3)14-7-5-4-6-8-14/h4-11,17H,12H2,1-3H3,(H,19,20). The van der Waals surface area contributed by atoms with E-state index in [0.29, 0.717) is 17.9 Å². The van der Waals surface area contributed by atoms with E-state index in [0.717, 1.165) is 11.1 Å². The molecule has 116 valence electrons. The lowest BCUT2D eigenvalue weighted by molar-refractivity contribution is 0.0827. The van der Waals surface area contributed by atoms with Gasteiger partial charge in [-0.3, -0.25) is 4.79 Å². The zero-order valence-corrected chi connectivity index (χ0v) is 13.1. The molecule has 4 nitrogen and oxygen atoms in total. The maximum absolute atomic E-state index is 12.3. The third-order valence-corrected chi connectivity index (χ3v) is 3.57. The van der Waals surface area contributed by atoms with Crippen LogP contribution in [0.4, 0.5) is 0 Å². The molecule has 0 bridgehead atoms. The summed E-state index contributed by atoms with van der Waals surface area (Å²) in [5.74, 6) is 0.565. The fourth-order valence-electron chi connectivity index (χ4n) is 2.25. The van der Waals surface area contributed by atoms with Crippen LogP contribution in [0.1, 0.15) is 27.6 Å². The smallest absolute Gasteiger partial charge is 0.251 e. The van der Waals surface area contributed by atoms with Crippen molar-refractivity contribution in [2.24, 2.45) is 0 Å². The second-order valence-electron chi connectivity index (χ2n) is 5.03. The Morgan fingerprint density at radius 1 is 1.14 bits per heavy atom. The van der Waals surface area contributed by atoms with Crippen LogP contribution >= 0.6 is 0 Å². The summed E-state index contributed by atoms with van der Waals surface area (Å²) in [6, 6.07) is 15.2. The summed E-state index contributed by atoms with van der Waals surface area (Å²) in [6.45, 7) is 2.35. The second kappa shape index (κ2) is 7.61. The SMILES string of the molecule is COc1cc(C(=O)NCC(OC)c2ccccc2)ccc1C. The number of benzene rings is 2. The van der Waals surface area contributed by atoms with Crippen molar-refractivity contribution in [3.05, 3.63) is 65.2 Å². The zero-order chi connectivity index (χ0) is 15.9. The molecular formula is C18H21NO3. The zero-order valence-electron chi connectivity index (χ0n) is 13.1. The molecule has 22 heavy (non-hydrogen) atoms. The van der Waals surface area contributed by atoms with Crippen molar-refractivity contribution in [1.29, 1.82) is 0 Å². The van der Waals surface area contributed by atoms with Gasteiger partial charge in [-0.25, -0.2) is 0 Å². The number of nitrogens with one attached hydrogen (secondary N) is 1. The summed E-state index contributed by atoms with van der Waals surface area (Å²) >= 11 is 0. The normalized spacial score (nSPS) is 11.8. The van der Waals surface area contributed by atoms with Crippen LogP contribution in [0, 0.1) is 6.92 Å². The van der Waals surface area contributed by atoms with Gasteiger partial charge in [-0.2, -0.15) is 0 Å². The molecule has 1 N–H and O–H groups in total. The molecule has 0 aliphatic rings. The first-order valence-electron chi connectivity index (χ1n) is 7.16. The molecule has 0 radical (unpaired) electrons. The van der Waals surface area contributed by atoms with Gasteiger partial charge in [-0.15, -0.1) is 0 Å². The molecule has 2 rings (SSSR count). The summed E-state index contributed by atoms with van der Waals surface area (Å²) in [5.41, 5.74) is 2.61. The van der Waals surface area contributed by atoms with E-state index in [1.54, 1.807) is 26.4 Å². The monoisotopic (exact) mass is 299 g/mol. The summed E-state index contributed by atoms with van der Waals surface area (Å²) in [7, 11) is 3.24. The first kappa shape index (κ1) is 16.0. The van der Waals surface area contributed by atoms with Gasteiger partial charge in [0.25, 0.3) is 5.91 Å². The van der Waals surface area contributed by atoms with E-state index in [1.165, 1.54) is 0 Å². The van der Waals surface area contributed by atoms with Gasteiger partial charge < -0.3 is 14.8 Å². The van der Waals surface area contributed by atoms with Crippen molar-refractivity contribution < 1.29 is 14.3 Å². The highest BCUT2D eigenvalue weighted by molar-refractivity contribution is 5.94. The number of hydrogen-bond donors (Lipinski definition) is 1. The average molecular weight is 299 g/mol. The molecule has 0 heterocycles. The topological polar surface area (TPSA) is 47.6 Å². The second-order valence-corrected chi connectivity index (χ2v) is 5.03. The van der Waals surface area contributed by atoms with E-state index < -0.39 is 0 Å². The number of carbonyl (C=O) groups excluding carboxylic acids is 1. The van der Waals surface area contributed by atoms with Gasteiger partial charge in [0.2, 0.25) is 0 Å². The van der Waals surface area contributed by atoms with Crippen LogP contribution in [0.3, 0.4) is 0 Å². The van der Waals surface area contributed by atoms with Gasteiger partial charge in [0.1, 0.15) is 5.75 Å². The molecule has 1 amide bonds. The van der Waals surface area contributed by atoms with Crippen LogP contribution in [0.15, 0.2) is 48.5 Å². The molecular weight excluding hydrogens is 278 g/mol. The quantitative estimate of drug-likeness (QED) is 0.891. The fraction of sp³-hybridized carbons (Fsp3) is 0.278. The lowest BCUT2D eigenvalue weighted by atomic mass is 10.1. The number of ether oxygens (including phenoxy) is 2. The van der Waals surface area contributed by atoms with Gasteiger partial charge >= 0.3 is 0 Å². The van der Waals surface area contributed by atoms with E-state index in [1.807, 2.05) is 43.3 Å². The molecule has 0 fully saturated rings. The molecule has 4 heteroatoms. The Bertz CT molecular complexity index is 625. The van der Waals surface area contributed by atoms with Gasteiger partial charge in [0, 0.05) is 19.2 Å². The maximum atomic E-state index is 12.3. The number of hydrogen-bond acceptors (Lipinski definition) is 3. The van der Waals surface area contributed by atoms with Crippen LogP contribution in [-0.2, 0) is 4.74 Å². The van der Waals surface area contributed by atoms with Crippen molar-refractivity contribution in [3.63, 3.8) is 0 Å². The van der Waals surface area contributed by atoms with Crippen molar-refractivity contribution >= 4 is 5.91 Å². The van der Waals surface area contributed by atoms with Crippen LogP contribution < -0.4 is 10.1 Å². The minimum atomic E-state index is -0.169. The summed E-state index contributed by atoms with van der Waals surface area (Å²) in [5, 5.41) is 2.90. The minimum Gasteiger partial charge on any atom is -0.496 e. The Balaban J connectivity index is 2.03. The highest BCUT2D eigenvalue weighted by Gasteiger charge is 2.13. The number of carbonyl (C=O) groups is 1. The molecule has 2 aromatic rings. The fourth-order valence-corrected chi connectivity index (χ4v) is 2.25. The lowest BCUT2D eigenvalue weighted by Gasteiger charge is -2.16. The lowest BCUT2D eigenvalue weighted by Crippen LogP contribution is -2.29. The van der Waals surface area contributed by atoms with Crippen LogP contribution in [0.25, 0.3) is 0 Å². The molecule has 1 atom stereocenters. The van der Waals surface area contributed by atoms with Crippen molar-refractivity contribution in [2.75, 3.05) is 20.8 Å². The Hall–Kier alpha value is -2.33. The summed E-state index contributed by atoms with van der Waals surface area (Å²) in [6.07, 6.45) is -0.169. The van der Waals surface area contributed by atoms with E-state index >= 15 is 0 Å². The Kier molecular flexibility index (Phi) is 5.55. The van der Waals surface area contributed by atoms with Crippen molar-refractivity contribution in [2.45, 2.75) is 13.0 Å². The first-order chi connectivity index (χ1) is 10.7. The van der Waals surface area contributed by atoms with Gasteiger partial charge in [-0.1, -0.05) is 36.4 Å². The summed E-state index contributed by atoms with van der Waals surface area (Å²) in [4.78, 5) is 12.3. The Labute approximate surface area is 131 Å². The van der Waals surface area contributed by atoms with Crippen molar-refractivity contribution in [3.8, 4) is 5.75 Å². The van der Waals surface area contributed by atoms with Crippen LogP contribution in [0.5, 0.6) is 5.75 Å². The van der Waals surface area contributed by atoms with Crippen LogP contribution in [-0.4, -0.2) is 26.7 Å². The highest BCUT2D eigenvalue weighted by Crippen LogP contribution is 2.19. The van der Waals surface area contributed by atoms with E-state index in [9.17, 15) is 4.79 Å². The molecule has 1 unspecified atom stereocenters. The predicted molar refractivity (Wildman–Crippen MR) is 86.3 cm³/mol. The number of aryl methyl sites for hydroxylation is 1. The number of amides is 1. The van der Waals surface area contributed by atoms with Gasteiger partial charge in [-0.05, 0) is 30.2 Å². The minimum absolute atomic E-state index is 0.142. The third kappa shape index (κ3) is 3.86. The van der Waals surface area contributed by atoms with E-state index in [4.69, 9.17) is 9.47 Å². The predicted octanol–water partition coefficient (Wildman–Crippen LogP) is 3.12. The van der Waals surface area contributed by atoms with Crippen molar-refractivity contribution in [1.82, 2.24) is 5.32 Å². The first-order valence-corrected chi connectivity index (χ1v) is 7.16. The molecule has 0 saturated heterocycles. The molecule has 0 saturated carbocycles. The molecule has 0 aliphatic heterocycles.